The second kappa shape index (κ2) is 10.6. The van der Waals surface area contributed by atoms with E-state index in [0.29, 0.717) is 5.56 Å². The number of Topliss-reactive ketones (excluding diaryl/α,β-unsaturated/α-hetero) is 1. The Morgan fingerprint density at radius 3 is 2.36 bits per heavy atom. The SMILES string of the molecule is CCCCCCCCOC(=O)C(=O)[C@H](C#N)c1ccccc1. The molecule has 0 aromatic heterocycles. The van der Waals surface area contributed by atoms with Crippen LogP contribution in [0.25, 0.3) is 0 Å². The summed E-state index contributed by atoms with van der Waals surface area (Å²) < 4.78 is 4.98. The van der Waals surface area contributed by atoms with E-state index in [1.807, 2.05) is 6.07 Å². The van der Waals surface area contributed by atoms with Crippen molar-refractivity contribution in [2.75, 3.05) is 6.61 Å². The zero-order chi connectivity index (χ0) is 16.2. The lowest BCUT2D eigenvalue weighted by Crippen LogP contribution is -2.24. The van der Waals surface area contributed by atoms with Crippen LogP contribution >= 0.6 is 0 Å². The summed E-state index contributed by atoms with van der Waals surface area (Å²) in [7, 11) is 0. The van der Waals surface area contributed by atoms with E-state index in [2.05, 4.69) is 6.92 Å². The van der Waals surface area contributed by atoms with Gasteiger partial charge in [0.25, 0.3) is 5.78 Å². The first-order chi connectivity index (χ1) is 10.7. The molecule has 0 N–H and O–H groups in total. The molecule has 0 unspecified atom stereocenters. The number of benzene rings is 1. The van der Waals surface area contributed by atoms with E-state index in [1.165, 1.54) is 19.3 Å². The predicted molar refractivity (Wildman–Crippen MR) is 84.1 cm³/mol. The summed E-state index contributed by atoms with van der Waals surface area (Å²) in [5, 5.41) is 9.11. The number of esters is 1. The van der Waals surface area contributed by atoms with Gasteiger partial charge in [-0.1, -0.05) is 69.4 Å². The van der Waals surface area contributed by atoms with Crippen molar-refractivity contribution in [2.45, 2.75) is 51.4 Å². The fourth-order valence-electron chi connectivity index (χ4n) is 2.17. The number of nitriles is 1. The maximum Gasteiger partial charge on any atom is 0.376 e. The average Bonchev–Trinajstić information content (AvgIpc) is 2.55. The highest BCUT2D eigenvalue weighted by Gasteiger charge is 2.27. The van der Waals surface area contributed by atoms with Gasteiger partial charge in [-0.25, -0.2) is 4.79 Å². The van der Waals surface area contributed by atoms with E-state index in [0.717, 1.165) is 19.3 Å². The molecule has 1 atom stereocenters. The zero-order valence-corrected chi connectivity index (χ0v) is 13.1. The van der Waals surface area contributed by atoms with Gasteiger partial charge in [-0.2, -0.15) is 5.26 Å². The van der Waals surface area contributed by atoms with Crippen LogP contribution in [0.15, 0.2) is 30.3 Å². The minimum atomic E-state index is -1.08. The Morgan fingerprint density at radius 2 is 1.73 bits per heavy atom. The molecule has 1 aromatic carbocycles. The molecule has 4 nitrogen and oxygen atoms in total. The number of carbonyl (C=O) groups excluding carboxylic acids is 2. The van der Waals surface area contributed by atoms with Crippen molar-refractivity contribution in [1.82, 2.24) is 0 Å². The van der Waals surface area contributed by atoms with E-state index >= 15 is 0 Å². The molecule has 118 valence electrons. The summed E-state index contributed by atoms with van der Waals surface area (Å²) in [6.07, 6.45) is 6.46. The number of ether oxygens (including phenoxy) is 1. The molecule has 0 heterocycles. The first-order valence-corrected chi connectivity index (χ1v) is 7.86. The zero-order valence-electron chi connectivity index (χ0n) is 13.1. The summed E-state index contributed by atoms with van der Waals surface area (Å²) >= 11 is 0. The quantitative estimate of drug-likeness (QED) is 0.375. The van der Waals surface area contributed by atoms with Crippen LogP contribution in [0.4, 0.5) is 0 Å². The molecule has 0 fully saturated rings. The normalized spacial score (nSPS) is 11.5. The molecule has 0 aliphatic rings. The molecule has 22 heavy (non-hydrogen) atoms. The van der Waals surface area contributed by atoms with Gasteiger partial charge in [0.15, 0.2) is 0 Å². The highest BCUT2D eigenvalue weighted by molar-refractivity contribution is 6.36. The molecular weight excluding hydrogens is 278 g/mol. The fourth-order valence-corrected chi connectivity index (χ4v) is 2.17. The van der Waals surface area contributed by atoms with Crippen molar-refractivity contribution in [3.63, 3.8) is 0 Å². The van der Waals surface area contributed by atoms with Gasteiger partial charge in [0.2, 0.25) is 0 Å². The van der Waals surface area contributed by atoms with Crippen LogP contribution in [0, 0.1) is 11.3 Å². The maximum absolute atomic E-state index is 12.0. The van der Waals surface area contributed by atoms with Crippen LogP contribution in [0.3, 0.4) is 0 Å². The monoisotopic (exact) mass is 301 g/mol. The Balaban J connectivity index is 2.35. The number of nitrogens with zero attached hydrogens (tertiary/aromatic N) is 1. The Kier molecular flexibility index (Phi) is 8.59. The summed E-state index contributed by atoms with van der Waals surface area (Å²) in [5.41, 5.74) is 0.520. The number of carbonyl (C=O) groups is 2. The molecule has 0 amide bonds. The molecule has 0 aliphatic carbocycles. The predicted octanol–water partition coefficient (Wildman–Crippen LogP) is 3.77. The van der Waals surface area contributed by atoms with Gasteiger partial charge in [0.1, 0.15) is 5.92 Å². The third kappa shape index (κ3) is 6.09. The fraction of sp³-hybridized carbons (Fsp3) is 0.500. The molecular formula is C18H23NO3. The first kappa shape index (κ1) is 17.9. The molecule has 0 bridgehead atoms. The van der Waals surface area contributed by atoms with Crippen molar-refractivity contribution >= 4 is 11.8 Å². The largest absolute Gasteiger partial charge is 0.460 e. The molecule has 0 saturated carbocycles. The van der Waals surface area contributed by atoms with Crippen molar-refractivity contribution < 1.29 is 14.3 Å². The van der Waals surface area contributed by atoms with Crippen molar-refractivity contribution in [1.29, 1.82) is 5.26 Å². The Labute approximate surface area is 132 Å². The van der Waals surface area contributed by atoms with Crippen LogP contribution < -0.4 is 0 Å². The van der Waals surface area contributed by atoms with Gasteiger partial charge in [-0.15, -0.1) is 0 Å². The number of ketones is 1. The Morgan fingerprint density at radius 1 is 1.09 bits per heavy atom. The molecule has 0 saturated heterocycles. The molecule has 0 radical (unpaired) electrons. The topological polar surface area (TPSA) is 67.2 Å². The Bertz CT molecular complexity index is 505. The lowest BCUT2D eigenvalue weighted by atomic mass is 9.96. The average molecular weight is 301 g/mol. The van der Waals surface area contributed by atoms with E-state index in [4.69, 9.17) is 10.00 Å². The van der Waals surface area contributed by atoms with Gasteiger partial charge in [-0.05, 0) is 12.0 Å². The first-order valence-electron chi connectivity index (χ1n) is 7.86. The van der Waals surface area contributed by atoms with E-state index < -0.39 is 17.7 Å². The maximum atomic E-state index is 12.0. The summed E-state index contributed by atoms with van der Waals surface area (Å²) in [6.45, 7) is 2.40. The van der Waals surface area contributed by atoms with Crippen molar-refractivity contribution in [3.05, 3.63) is 35.9 Å². The minimum Gasteiger partial charge on any atom is -0.460 e. The van der Waals surface area contributed by atoms with Crippen LogP contribution in [-0.2, 0) is 14.3 Å². The number of hydrogen-bond acceptors (Lipinski definition) is 4. The lowest BCUT2D eigenvalue weighted by molar-refractivity contribution is -0.154. The van der Waals surface area contributed by atoms with Crippen LogP contribution in [0.5, 0.6) is 0 Å². The van der Waals surface area contributed by atoms with Crippen LogP contribution in [0.2, 0.25) is 0 Å². The summed E-state index contributed by atoms with van der Waals surface area (Å²) in [4.78, 5) is 23.7. The van der Waals surface area contributed by atoms with Gasteiger partial charge >= 0.3 is 5.97 Å². The molecule has 0 aliphatic heterocycles. The highest BCUT2D eigenvalue weighted by Crippen LogP contribution is 2.16. The van der Waals surface area contributed by atoms with Gasteiger partial charge in [-0.3, -0.25) is 4.79 Å². The number of unbranched alkanes of at least 4 members (excludes halogenated alkanes) is 5. The third-order valence-corrected chi connectivity index (χ3v) is 3.46. The lowest BCUT2D eigenvalue weighted by Gasteiger charge is -2.08. The second-order valence-corrected chi connectivity index (χ2v) is 5.24. The molecule has 1 aromatic rings. The van der Waals surface area contributed by atoms with Crippen molar-refractivity contribution in [2.24, 2.45) is 0 Å². The molecule has 4 heteroatoms. The summed E-state index contributed by atoms with van der Waals surface area (Å²) in [5.74, 6) is -2.79. The van der Waals surface area contributed by atoms with E-state index in [-0.39, 0.29) is 6.61 Å². The number of rotatable bonds is 10. The van der Waals surface area contributed by atoms with E-state index in [1.54, 1.807) is 30.3 Å². The Hall–Kier alpha value is -2.15. The minimum absolute atomic E-state index is 0.240. The van der Waals surface area contributed by atoms with Crippen LogP contribution in [-0.4, -0.2) is 18.4 Å². The third-order valence-electron chi connectivity index (χ3n) is 3.46. The van der Waals surface area contributed by atoms with E-state index in [9.17, 15) is 9.59 Å². The standard InChI is InChI=1S/C18H23NO3/c1-2-3-4-5-6-10-13-22-18(21)17(20)16(14-19)15-11-8-7-9-12-15/h7-9,11-12,16H,2-6,10,13H2,1H3/t16-/m1/s1. The smallest absolute Gasteiger partial charge is 0.376 e. The van der Waals surface area contributed by atoms with Gasteiger partial charge in [0, 0.05) is 0 Å². The molecule has 1 rings (SSSR count). The molecule has 0 spiro atoms. The van der Waals surface area contributed by atoms with Gasteiger partial charge in [0.05, 0.1) is 12.7 Å². The second-order valence-electron chi connectivity index (χ2n) is 5.24. The number of hydrogen-bond donors (Lipinski definition) is 0. The highest BCUT2D eigenvalue weighted by atomic mass is 16.5. The van der Waals surface area contributed by atoms with Crippen molar-refractivity contribution in [3.8, 4) is 6.07 Å². The van der Waals surface area contributed by atoms with Gasteiger partial charge < -0.3 is 4.74 Å². The summed E-state index contributed by atoms with van der Waals surface area (Å²) in [6, 6.07) is 10.4. The van der Waals surface area contributed by atoms with Crippen LogP contribution in [0.1, 0.15) is 56.9 Å².